The summed E-state index contributed by atoms with van der Waals surface area (Å²) < 4.78 is 10.6. The molecule has 0 radical (unpaired) electrons. The second-order valence-corrected chi connectivity index (χ2v) is 4.98. The van der Waals surface area contributed by atoms with Gasteiger partial charge in [0.05, 0.1) is 12.8 Å². The number of ether oxygens (including phenoxy) is 2. The molecule has 126 valence electrons. The highest BCUT2D eigenvalue weighted by Gasteiger charge is 2.23. The van der Waals surface area contributed by atoms with Crippen LogP contribution in [-0.2, 0) is 4.79 Å². The average molecular weight is 331 g/mol. The minimum Gasteiger partial charge on any atom is -0.495 e. The van der Waals surface area contributed by atoms with E-state index in [2.05, 4.69) is 10.3 Å². The average Bonchev–Trinajstić information content (AvgIpc) is 2.56. The molecule has 8 nitrogen and oxygen atoms in total. The zero-order valence-corrected chi connectivity index (χ0v) is 13.5. The van der Waals surface area contributed by atoms with E-state index in [4.69, 9.17) is 9.47 Å². The Bertz CT molecular complexity index is 763. The van der Waals surface area contributed by atoms with Gasteiger partial charge in [0.15, 0.2) is 6.10 Å². The first-order chi connectivity index (χ1) is 11.4. The number of hydrogen-bond donors (Lipinski definition) is 1. The van der Waals surface area contributed by atoms with Crippen LogP contribution in [0.5, 0.6) is 11.5 Å². The van der Waals surface area contributed by atoms with Gasteiger partial charge in [-0.25, -0.2) is 0 Å². The van der Waals surface area contributed by atoms with Gasteiger partial charge in [0, 0.05) is 6.92 Å². The van der Waals surface area contributed by atoms with E-state index in [-0.39, 0.29) is 5.75 Å². The van der Waals surface area contributed by atoms with Crippen molar-refractivity contribution in [2.24, 2.45) is 0 Å². The molecule has 0 spiro atoms. The lowest BCUT2D eigenvalue weighted by Gasteiger charge is -2.15. The van der Waals surface area contributed by atoms with Crippen LogP contribution in [0.3, 0.4) is 0 Å². The number of hydrogen-bond acceptors (Lipinski definition) is 6. The van der Waals surface area contributed by atoms with Crippen molar-refractivity contribution in [2.75, 3.05) is 12.4 Å². The Morgan fingerprint density at radius 1 is 1.25 bits per heavy atom. The third kappa shape index (κ3) is 3.97. The van der Waals surface area contributed by atoms with Gasteiger partial charge in [-0.2, -0.15) is 0 Å². The number of nitrogens with one attached hydrogen (secondary N) is 1. The summed E-state index contributed by atoms with van der Waals surface area (Å²) in [4.78, 5) is 26.5. The highest BCUT2D eigenvalue weighted by molar-refractivity contribution is 5.95. The monoisotopic (exact) mass is 331 g/mol. The number of carbonyl (C=O) groups is 1. The molecular weight excluding hydrogens is 314 g/mol. The summed E-state index contributed by atoms with van der Waals surface area (Å²) in [6, 6.07) is 9.91. The first kappa shape index (κ1) is 17.2. The topological polar surface area (TPSA) is 104 Å². The van der Waals surface area contributed by atoms with Crippen LogP contribution in [0.25, 0.3) is 0 Å². The summed E-state index contributed by atoms with van der Waals surface area (Å²) in [7, 11) is 1.49. The van der Waals surface area contributed by atoms with Gasteiger partial charge >= 0.3 is 5.82 Å². The van der Waals surface area contributed by atoms with Gasteiger partial charge in [0.2, 0.25) is 5.75 Å². The molecule has 0 aliphatic heterocycles. The molecule has 1 N–H and O–H groups in total. The zero-order chi connectivity index (χ0) is 17.7. The Morgan fingerprint density at radius 2 is 1.96 bits per heavy atom. The molecule has 0 fully saturated rings. The molecule has 1 aromatic heterocycles. The second-order valence-electron chi connectivity index (χ2n) is 4.98. The Balaban J connectivity index is 2.14. The molecule has 24 heavy (non-hydrogen) atoms. The van der Waals surface area contributed by atoms with Crippen molar-refractivity contribution in [1.82, 2.24) is 4.98 Å². The summed E-state index contributed by atoms with van der Waals surface area (Å²) in [6.45, 7) is 3.13. The van der Waals surface area contributed by atoms with Crippen LogP contribution in [0.15, 0.2) is 36.4 Å². The predicted molar refractivity (Wildman–Crippen MR) is 87.3 cm³/mol. The van der Waals surface area contributed by atoms with Crippen molar-refractivity contribution in [3.8, 4) is 11.5 Å². The number of pyridine rings is 1. The number of anilines is 1. The van der Waals surface area contributed by atoms with Crippen LogP contribution in [0.1, 0.15) is 12.6 Å². The largest absolute Gasteiger partial charge is 0.495 e. The number of nitrogens with zero attached hydrogens (tertiary/aromatic N) is 2. The molecular formula is C16H17N3O5. The fourth-order valence-electron chi connectivity index (χ4n) is 1.98. The lowest BCUT2D eigenvalue weighted by Crippen LogP contribution is -2.30. The minimum atomic E-state index is -0.960. The fourth-order valence-corrected chi connectivity index (χ4v) is 1.98. The number of rotatable bonds is 6. The number of carbonyl (C=O) groups excluding carboxylic acids is 1. The molecule has 1 aromatic carbocycles. The SMILES string of the molecule is COc1ccccc1NC(=O)C(C)Oc1ccc(C)nc1[N+](=O)[O-]. The maximum absolute atomic E-state index is 12.3. The van der Waals surface area contributed by atoms with Crippen molar-refractivity contribution in [2.45, 2.75) is 20.0 Å². The first-order valence-corrected chi connectivity index (χ1v) is 7.15. The van der Waals surface area contributed by atoms with Crippen LogP contribution in [-0.4, -0.2) is 29.0 Å². The van der Waals surface area contributed by atoms with Gasteiger partial charge in [-0.1, -0.05) is 12.1 Å². The molecule has 0 saturated heterocycles. The van der Waals surface area contributed by atoms with Gasteiger partial charge in [0.1, 0.15) is 11.4 Å². The Kier molecular flexibility index (Phi) is 5.31. The number of nitro groups is 1. The molecule has 1 unspecified atom stereocenters. The third-order valence-corrected chi connectivity index (χ3v) is 3.19. The van der Waals surface area contributed by atoms with Crippen molar-refractivity contribution in [1.29, 1.82) is 0 Å². The van der Waals surface area contributed by atoms with Gasteiger partial charge in [-0.3, -0.25) is 4.79 Å². The van der Waals surface area contributed by atoms with E-state index >= 15 is 0 Å². The van der Waals surface area contributed by atoms with Gasteiger partial charge in [0.25, 0.3) is 5.91 Å². The highest BCUT2D eigenvalue weighted by Crippen LogP contribution is 2.27. The Labute approximate surface area is 138 Å². The normalized spacial score (nSPS) is 11.5. The summed E-state index contributed by atoms with van der Waals surface area (Å²) in [5, 5.41) is 13.7. The molecule has 0 saturated carbocycles. The number of benzene rings is 1. The van der Waals surface area contributed by atoms with Crippen molar-refractivity contribution in [3.63, 3.8) is 0 Å². The van der Waals surface area contributed by atoms with E-state index in [0.717, 1.165) is 0 Å². The lowest BCUT2D eigenvalue weighted by atomic mass is 10.2. The summed E-state index contributed by atoms with van der Waals surface area (Å²) >= 11 is 0. The highest BCUT2D eigenvalue weighted by atomic mass is 16.6. The van der Waals surface area contributed by atoms with Crippen LogP contribution in [0.2, 0.25) is 0 Å². The number of aryl methyl sites for hydroxylation is 1. The van der Waals surface area contributed by atoms with Gasteiger partial charge in [-0.15, -0.1) is 0 Å². The number of aromatic nitrogens is 1. The van der Waals surface area contributed by atoms with E-state index in [0.29, 0.717) is 17.1 Å². The number of methoxy groups -OCH3 is 1. The molecule has 0 aliphatic carbocycles. The summed E-state index contributed by atoms with van der Waals surface area (Å²) in [6.07, 6.45) is -0.960. The van der Waals surface area contributed by atoms with E-state index in [1.165, 1.54) is 20.1 Å². The van der Waals surface area contributed by atoms with E-state index in [1.807, 2.05) is 0 Å². The number of amides is 1. The smallest absolute Gasteiger partial charge is 0.406 e. The molecule has 8 heteroatoms. The molecule has 1 heterocycles. The fraction of sp³-hybridized carbons (Fsp3) is 0.250. The van der Waals surface area contributed by atoms with Crippen molar-refractivity contribution < 1.29 is 19.2 Å². The van der Waals surface area contributed by atoms with Crippen LogP contribution in [0.4, 0.5) is 11.5 Å². The van der Waals surface area contributed by atoms with E-state index in [1.54, 1.807) is 37.3 Å². The predicted octanol–water partition coefficient (Wildman–Crippen LogP) is 2.71. The zero-order valence-electron chi connectivity index (χ0n) is 13.5. The van der Waals surface area contributed by atoms with Crippen LogP contribution < -0.4 is 14.8 Å². The van der Waals surface area contributed by atoms with Crippen LogP contribution in [0, 0.1) is 17.0 Å². The molecule has 2 rings (SSSR count). The van der Waals surface area contributed by atoms with Crippen molar-refractivity contribution in [3.05, 3.63) is 52.2 Å². The minimum absolute atomic E-state index is 0.0618. The second kappa shape index (κ2) is 7.40. The molecule has 0 bridgehead atoms. The van der Waals surface area contributed by atoms with Gasteiger partial charge in [-0.05, 0) is 41.1 Å². The Morgan fingerprint density at radius 3 is 2.62 bits per heavy atom. The molecule has 2 aromatic rings. The standard InChI is InChI=1S/C16H17N3O5/c1-10-8-9-14(15(17-10)19(21)22)24-11(2)16(20)18-12-6-4-5-7-13(12)23-3/h4-9,11H,1-3H3,(H,18,20). The molecule has 1 amide bonds. The summed E-state index contributed by atoms with van der Waals surface area (Å²) in [5.74, 6) is -0.448. The van der Waals surface area contributed by atoms with E-state index < -0.39 is 22.8 Å². The van der Waals surface area contributed by atoms with Gasteiger partial charge < -0.3 is 24.9 Å². The maximum atomic E-state index is 12.3. The van der Waals surface area contributed by atoms with E-state index in [9.17, 15) is 14.9 Å². The number of para-hydroxylation sites is 2. The van der Waals surface area contributed by atoms with Crippen molar-refractivity contribution >= 4 is 17.4 Å². The molecule has 1 atom stereocenters. The maximum Gasteiger partial charge on any atom is 0.406 e. The third-order valence-electron chi connectivity index (χ3n) is 3.19. The Hall–Kier alpha value is -3.16. The quantitative estimate of drug-likeness (QED) is 0.645. The summed E-state index contributed by atoms with van der Waals surface area (Å²) in [5.41, 5.74) is 0.970. The molecule has 0 aliphatic rings. The van der Waals surface area contributed by atoms with Crippen LogP contribution >= 0.6 is 0 Å². The first-order valence-electron chi connectivity index (χ1n) is 7.15. The lowest BCUT2D eigenvalue weighted by molar-refractivity contribution is -0.390.